The van der Waals surface area contributed by atoms with E-state index in [1.54, 1.807) is 18.3 Å². The average Bonchev–Trinajstić information content (AvgIpc) is 2.40. The summed E-state index contributed by atoms with van der Waals surface area (Å²) in [5.41, 5.74) is 3.04. The van der Waals surface area contributed by atoms with E-state index in [1.165, 1.54) is 0 Å². The summed E-state index contributed by atoms with van der Waals surface area (Å²) < 4.78 is 31.4. The van der Waals surface area contributed by atoms with E-state index in [0.717, 1.165) is 18.2 Å². The van der Waals surface area contributed by atoms with E-state index in [9.17, 15) is 8.78 Å². The van der Waals surface area contributed by atoms with Crippen molar-refractivity contribution < 1.29 is 13.5 Å². The largest absolute Gasteiger partial charge is 0.486 e. The topological polar surface area (TPSA) is 60.2 Å². The quantitative estimate of drug-likeness (QED) is 0.646. The number of pyridine rings is 1. The highest BCUT2D eigenvalue weighted by Gasteiger charge is 2.07. The lowest BCUT2D eigenvalue weighted by molar-refractivity contribution is 0.288. The lowest BCUT2D eigenvalue weighted by atomic mass is 10.2. The number of aromatic nitrogens is 1. The van der Waals surface area contributed by atoms with Gasteiger partial charge in [0.1, 0.15) is 18.2 Å². The van der Waals surface area contributed by atoms with Crippen LogP contribution in [0.4, 0.5) is 14.6 Å². The van der Waals surface area contributed by atoms with Crippen LogP contribution in [-0.2, 0) is 6.61 Å². The number of hydrazine groups is 1. The molecule has 0 aliphatic rings. The monoisotopic (exact) mass is 251 g/mol. The lowest BCUT2D eigenvalue weighted by Gasteiger charge is -2.10. The molecule has 0 atom stereocenters. The number of benzene rings is 1. The van der Waals surface area contributed by atoms with Gasteiger partial charge < -0.3 is 10.2 Å². The second-order valence-corrected chi connectivity index (χ2v) is 3.52. The van der Waals surface area contributed by atoms with E-state index >= 15 is 0 Å². The first-order valence-corrected chi connectivity index (χ1v) is 5.19. The number of nitrogens with one attached hydrogen (secondary N) is 1. The number of ether oxygens (including phenoxy) is 1. The van der Waals surface area contributed by atoms with Gasteiger partial charge in [-0.15, -0.1) is 0 Å². The van der Waals surface area contributed by atoms with Crippen LogP contribution in [0.3, 0.4) is 0 Å². The average molecular weight is 251 g/mol. The van der Waals surface area contributed by atoms with Crippen LogP contribution in [0.2, 0.25) is 0 Å². The molecule has 94 valence electrons. The Balaban J connectivity index is 2.14. The maximum absolute atomic E-state index is 13.3. The predicted octanol–water partition coefficient (Wildman–Crippen LogP) is 2.22. The molecule has 0 amide bonds. The molecule has 0 aliphatic heterocycles. The summed E-state index contributed by atoms with van der Waals surface area (Å²) in [6.07, 6.45) is 1.56. The maximum atomic E-state index is 13.3. The zero-order chi connectivity index (χ0) is 13.0. The van der Waals surface area contributed by atoms with Crippen molar-refractivity contribution in [2.75, 3.05) is 5.43 Å². The Morgan fingerprint density at radius 2 is 2.11 bits per heavy atom. The second-order valence-electron chi connectivity index (χ2n) is 3.52. The van der Waals surface area contributed by atoms with E-state index in [0.29, 0.717) is 11.4 Å². The number of hydrogen-bond acceptors (Lipinski definition) is 4. The zero-order valence-corrected chi connectivity index (χ0v) is 9.36. The van der Waals surface area contributed by atoms with Gasteiger partial charge >= 0.3 is 0 Å². The molecule has 0 saturated heterocycles. The molecule has 0 bridgehead atoms. The van der Waals surface area contributed by atoms with E-state index in [1.807, 2.05) is 0 Å². The van der Waals surface area contributed by atoms with Crippen molar-refractivity contribution in [2.24, 2.45) is 5.84 Å². The molecule has 0 fully saturated rings. The van der Waals surface area contributed by atoms with Crippen molar-refractivity contribution in [3.8, 4) is 5.75 Å². The maximum Gasteiger partial charge on any atom is 0.165 e. The van der Waals surface area contributed by atoms with Gasteiger partial charge in [0.05, 0.1) is 0 Å². The Kier molecular flexibility index (Phi) is 3.69. The summed E-state index contributed by atoms with van der Waals surface area (Å²) in [4.78, 5) is 3.97. The van der Waals surface area contributed by atoms with Gasteiger partial charge in [0, 0.05) is 17.8 Å². The smallest absolute Gasteiger partial charge is 0.165 e. The molecule has 4 nitrogen and oxygen atoms in total. The molecule has 1 aromatic heterocycles. The molecule has 0 unspecified atom stereocenters. The molecule has 6 heteroatoms. The Labute approximate surface area is 102 Å². The fraction of sp³-hybridized carbons (Fsp3) is 0.0833. The van der Waals surface area contributed by atoms with Gasteiger partial charge in [0.15, 0.2) is 11.6 Å². The van der Waals surface area contributed by atoms with Crippen LogP contribution in [0, 0.1) is 11.6 Å². The molecule has 2 aromatic rings. The van der Waals surface area contributed by atoms with Crippen LogP contribution in [0.5, 0.6) is 5.75 Å². The number of hydrogen-bond donors (Lipinski definition) is 2. The number of nitrogens with zero attached hydrogens (tertiary/aromatic N) is 1. The fourth-order valence-corrected chi connectivity index (χ4v) is 1.43. The third-order valence-corrected chi connectivity index (χ3v) is 2.30. The van der Waals surface area contributed by atoms with Crippen LogP contribution in [-0.4, -0.2) is 4.98 Å². The van der Waals surface area contributed by atoms with Crippen molar-refractivity contribution in [3.05, 3.63) is 53.7 Å². The highest BCUT2D eigenvalue weighted by atomic mass is 19.1. The first-order valence-electron chi connectivity index (χ1n) is 5.19. The molecule has 1 heterocycles. The van der Waals surface area contributed by atoms with Gasteiger partial charge in [0.2, 0.25) is 0 Å². The molecule has 2 rings (SSSR count). The minimum Gasteiger partial charge on any atom is -0.486 e. The van der Waals surface area contributed by atoms with E-state index < -0.39 is 11.6 Å². The standard InChI is InChI=1S/C12H11F2N3O/c13-9-3-4-10(14)11(6-9)18-7-8-2-1-5-16-12(8)17-15/h1-6H,7,15H2,(H,16,17). The number of halogens is 2. The third kappa shape index (κ3) is 2.72. The summed E-state index contributed by atoms with van der Waals surface area (Å²) in [7, 11) is 0. The highest BCUT2D eigenvalue weighted by molar-refractivity contribution is 5.42. The van der Waals surface area contributed by atoms with Gasteiger partial charge in [-0.25, -0.2) is 19.6 Å². The lowest BCUT2D eigenvalue weighted by Crippen LogP contribution is -2.12. The van der Waals surface area contributed by atoms with E-state index in [2.05, 4.69) is 10.4 Å². The number of nitrogen functional groups attached to an aromatic ring is 1. The molecule has 0 spiro atoms. The summed E-state index contributed by atoms with van der Waals surface area (Å²) in [6.45, 7) is 0.0355. The van der Waals surface area contributed by atoms with Crippen LogP contribution in [0.1, 0.15) is 5.56 Å². The first kappa shape index (κ1) is 12.3. The molecule has 0 aliphatic carbocycles. The number of anilines is 1. The number of rotatable bonds is 4. The van der Waals surface area contributed by atoms with Gasteiger partial charge in [-0.1, -0.05) is 6.07 Å². The Bertz CT molecular complexity index is 549. The van der Waals surface area contributed by atoms with Gasteiger partial charge in [-0.05, 0) is 18.2 Å². The summed E-state index contributed by atoms with van der Waals surface area (Å²) in [5.74, 6) is 4.36. The molecule has 18 heavy (non-hydrogen) atoms. The van der Waals surface area contributed by atoms with Crippen LogP contribution >= 0.6 is 0 Å². The van der Waals surface area contributed by atoms with Crippen LogP contribution in [0.15, 0.2) is 36.5 Å². The van der Waals surface area contributed by atoms with E-state index in [-0.39, 0.29) is 12.4 Å². The van der Waals surface area contributed by atoms with E-state index in [4.69, 9.17) is 10.6 Å². The van der Waals surface area contributed by atoms with Crippen molar-refractivity contribution in [3.63, 3.8) is 0 Å². The molecular weight excluding hydrogens is 240 g/mol. The van der Waals surface area contributed by atoms with Crippen molar-refractivity contribution in [2.45, 2.75) is 6.61 Å². The van der Waals surface area contributed by atoms with Gasteiger partial charge in [0.25, 0.3) is 0 Å². The number of nitrogens with two attached hydrogens (primary N) is 1. The zero-order valence-electron chi connectivity index (χ0n) is 9.36. The molecule has 0 saturated carbocycles. The predicted molar refractivity (Wildman–Crippen MR) is 62.7 cm³/mol. The second kappa shape index (κ2) is 5.42. The summed E-state index contributed by atoms with van der Waals surface area (Å²) in [5, 5.41) is 0. The minimum absolute atomic E-state index is 0.0355. The van der Waals surface area contributed by atoms with Gasteiger partial charge in [-0.3, -0.25) is 0 Å². The third-order valence-electron chi connectivity index (χ3n) is 2.30. The minimum atomic E-state index is -0.623. The Hall–Kier alpha value is -2.21. The van der Waals surface area contributed by atoms with Crippen LogP contribution < -0.4 is 16.0 Å². The first-order chi connectivity index (χ1) is 8.70. The summed E-state index contributed by atoms with van der Waals surface area (Å²) in [6, 6.07) is 6.44. The highest BCUT2D eigenvalue weighted by Crippen LogP contribution is 2.20. The van der Waals surface area contributed by atoms with Crippen molar-refractivity contribution >= 4 is 5.82 Å². The SMILES string of the molecule is NNc1ncccc1COc1cc(F)ccc1F. The molecule has 1 aromatic carbocycles. The normalized spacial score (nSPS) is 10.2. The Morgan fingerprint density at radius 3 is 2.89 bits per heavy atom. The van der Waals surface area contributed by atoms with Gasteiger partial charge in [-0.2, -0.15) is 0 Å². The molecular formula is C12H11F2N3O. The molecule has 0 radical (unpaired) electrons. The Morgan fingerprint density at radius 1 is 1.28 bits per heavy atom. The van der Waals surface area contributed by atoms with Crippen molar-refractivity contribution in [1.82, 2.24) is 4.98 Å². The fourth-order valence-electron chi connectivity index (χ4n) is 1.43. The van der Waals surface area contributed by atoms with Crippen molar-refractivity contribution in [1.29, 1.82) is 0 Å². The molecule has 3 N–H and O–H groups in total. The summed E-state index contributed by atoms with van der Waals surface area (Å²) >= 11 is 0. The van der Waals surface area contributed by atoms with Crippen LogP contribution in [0.25, 0.3) is 0 Å².